The monoisotopic (exact) mass is 234 g/mol. The van der Waals surface area contributed by atoms with Gasteiger partial charge in [-0.25, -0.2) is 4.98 Å². The Hall–Kier alpha value is -1.55. The van der Waals surface area contributed by atoms with Gasteiger partial charge in [0.15, 0.2) is 0 Å². The normalized spacial score (nSPS) is 10.3. The van der Waals surface area contributed by atoms with Crippen molar-refractivity contribution < 1.29 is 4.74 Å². The van der Waals surface area contributed by atoms with Gasteiger partial charge in [-0.05, 0) is 30.0 Å². The zero-order valence-corrected chi connectivity index (χ0v) is 9.96. The number of nitrogen functional groups attached to an aromatic ring is 1. The molecule has 0 aromatic carbocycles. The second kappa shape index (κ2) is 4.99. The average Bonchev–Trinajstić information content (AvgIpc) is 2.74. The minimum absolute atomic E-state index is 0.530. The van der Waals surface area contributed by atoms with Crippen molar-refractivity contribution in [2.45, 2.75) is 13.3 Å². The Kier molecular flexibility index (Phi) is 3.41. The summed E-state index contributed by atoms with van der Waals surface area (Å²) < 4.78 is 5.54. The first kappa shape index (κ1) is 11.0. The standard InChI is InChI=1S/C12H14N2OS/c1-9-7-11(13)12(14-8-9)15-5-4-10-3-2-6-16-10/h2-3,6-8H,4-5,13H2,1H3. The van der Waals surface area contributed by atoms with Crippen molar-refractivity contribution in [3.63, 3.8) is 0 Å². The summed E-state index contributed by atoms with van der Waals surface area (Å²) in [5, 5.41) is 2.06. The Morgan fingerprint density at radius 2 is 2.38 bits per heavy atom. The number of ether oxygens (including phenoxy) is 1. The van der Waals surface area contributed by atoms with Gasteiger partial charge < -0.3 is 10.5 Å². The Balaban J connectivity index is 1.90. The van der Waals surface area contributed by atoms with Crippen LogP contribution in [0.1, 0.15) is 10.4 Å². The molecule has 0 unspecified atom stereocenters. The van der Waals surface area contributed by atoms with Gasteiger partial charge in [-0.2, -0.15) is 0 Å². The predicted molar refractivity (Wildman–Crippen MR) is 66.9 cm³/mol. The molecular formula is C12H14N2OS. The Morgan fingerprint density at radius 1 is 1.50 bits per heavy atom. The van der Waals surface area contributed by atoms with Crippen LogP contribution in [-0.4, -0.2) is 11.6 Å². The molecule has 0 saturated heterocycles. The highest BCUT2D eigenvalue weighted by Crippen LogP contribution is 2.19. The van der Waals surface area contributed by atoms with Gasteiger partial charge in [-0.1, -0.05) is 6.07 Å². The van der Waals surface area contributed by atoms with Crippen LogP contribution >= 0.6 is 11.3 Å². The quantitative estimate of drug-likeness (QED) is 0.884. The number of anilines is 1. The molecule has 0 aliphatic carbocycles. The third-order valence-electron chi connectivity index (χ3n) is 2.18. The highest BCUT2D eigenvalue weighted by Gasteiger charge is 2.02. The summed E-state index contributed by atoms with van der Waals surface area (Å²) in [4.78, 5) is 5.46. The van der Waals surface area contributed by atoms with Gasteiger partial charge in [0.25, 0.3) is 0 Å². The highest BCUT2D eigenvalue weighted by molar-refractivity contribution is 7.09. The van der Waals surface area contributed by atoms with Crippen LogP contribution in [0.5, 0.6) is 5.88 Å². The van der Waals surface area contributed by atoms with E-state index in [4.69, 9.17) is 10.5 Å². The van der Waals surface area contributed by atoms with Crippen LogP contribution in [0.2, 0.25) is 0 Å². The van der Waals surface area contributed by atoms with E-state index in [-0.39, 0.29) is 0 Å². The van der Waals surface area contributed by atoms with Crippen LogP contribution in [0.4, 0.5) is 5.69 Å². The maximum Gasteiger partial charge on any atom is 0.237 e. The van der Waals surface area contributed by atoms with E-state index in [9.17, 15) is 0 Å². The number of nitrogens with two attached hydrogens (primary N) is 1. The SMILES string of the molecule is Cc1cnc(OCCc2cccs2)c(N)c1. The van der Waals surface area contributed by atoms with Crippen molar-refractivity contribution in [2.24, 2.45) is 0 Å². The van der Waals surface area contributed by atoms with E-state index in [0.717, 1.165) is 12.0 Å². The smallest absolute Gasteiger partial charge is 0.237 e. The molecule has 2 aromatic heterocycles. The molecule has 0 radical (unpaired) electrons. The minimum atomic E-state index is 0.530. The van der Waals surface area contributed by atoms with Crippen LogP contribution in [0.25, 0.3) is 0 Å². The number of hydrogen-bond donors (Lipinski definition) is 1. The second-order valence-electron chi connectivity index (χ2n) is 3.58. The second-order valence-corrected chi connectivity index (χ2v) is 4.62. The molecule has 2 heterocycles. The van der Waals surface area contributed by atoms with Crippen molar-refractivity contribution in [3.8, 4) is 5.88 Å². The van der Waals surface area contributed by atoms with Crippen molar-refractivity contribution in [3.05, 3.63) is 40.2 Å². The van der Waals surface area contributed by atoms with Gasteiger partial charge in [-0.3, -0.25) is 0 Å². The Morgan fingerprint density at radius 3 is 3.06 bits per heavy atom. The number of thiophene rings is 1. The first-order valence-corrected chi connectivity index (χ1v) is 6.01. The molecule has 84 valence electrons. The largest absolute Gasteiger partial charge is 0.476 e. The lowest BCUT2D eigenvalue weighted by atomic mass is 10.3. The zero-order chi connectivity index (χ0) is 11.4. The summed E-state index contributed by atoms with van der Waals surface area (Å²) in [6, 6.07) is 6.01. The maximum atomic E-state index is 5.80. The molecule has 0 spiro atoms. The predicted octanol–water partition coefficient (Wildman–Crippen LogP) is 2.66. The van der Waals surface area contributed by atoms with E-state index in [2.05, 4.69) is 16.4 Å². The minimum Gasteiger partial charge on any atom is -0.476 e. The van der Waals surface area contributed by atoms with Crippen molar-refractivity contribution in [1.29, 1.82) is 0 Å². The lowest BCUT2D eigenvalue weighted by Gasteiger charge is -2.07. The molecule has 16 heavy (non-hydrogen) atoms. The maximum absolute atomic E-state index is 5.80. The summed E-state index contributed by atoms with van der Waals surface area (Å²) >= 11 is 1.73. The van der Waals surface area contributed by atoms with Crippen LogP contribution in [0, 0.1) is 6.92 Å². The lowest BCUT2D eigenvalue weighted by Crippen LogP contribution is -2.04. The first-order valence-electron chi connectivity index (χ1n) is 5.13. The molecule has 0 fully saturated rings. The van der Waals surface area contributed by atoms with E-state index < -0.39 is 0 Å². The van der Waals surface area contributed by atoms with E-state index in [1.807, 2.05) is 19.1 Å². The van der Waals surface area contributed by atoms with E-state index >= 15 is 0 Å². The number of rotatable bonds is 4. The molecule has 0 amide bonds. The third kappa shape index (κ3) is 2.73. The van der Waals surface area contributed by atoms with Crippen molar-refractivity contribution in [2.75, 3.05) is 12.3 Å². The van der Waals surface area contributed by atoms with Crippen molar-refractivity contribution >= 4 is 17.0 Å². The molecular weight excluding hydrogens is 220 g/mol. The zero-order valence-electron chi connectivity index (χ0n) is 9.14. The summed E-state index contributed by atoms with van der Waals surface area (Å²) in [6.45, 7) is 2.57. The summed E-state index contributed by atoms with van der Waals surface area (Å²) in [5.41, 5.74) is 7.44. The molecule has 4 heteroatoms. The number of aryl methyl sites for hydroxylation is 1. The van der Waals surface area contributed by atoms with Crippen LogP contribution < -0.4 is 10.5 Å². The van der Waals surface area contributed by atoms with Crippen LogP contribution in [0.3, 0.4) is 0 Å². The van der Waals surface area contributed by atoms with Crippen LogP contribution in [-0.2, 0) is 6.42 Å². The Labute approximate surface area is 98.9 Å². The number of nitrogens with zero attached hydrogens (tertiary/aromatic N) is 1. The molecule has 0 bridgehead atoms. The molecule has 3 nitrogen and oxygen atoms in total. The highest BCUT2D eigenvalue weighted by atomic mass is 32.1. The van der Waals surface area contributed by atoms with Crippen LogP contribution in [0.15, 0.2) is 29.8 Å². The first-order chi connectivity index (χ1) is 7.75. The molecule has 0 atom stereocenters. The lowest BCUT2D eigenvalue weighted by molar-refractivity contribution is 0.312. The van der Waals surface area contributed by atoms with E-state index in [0.29, 0.717) is 18.2 Å². The fraction of sp³-hybridized carbons (Fsp3) is 0.250. The van der Waals surface area contributed by atoms with E-state index in [1.165, 1.54) is 4.88 Å². The number of hydrogen-bond acceptors (Lipinski definition) is 4. The van der Waals surface area contributed by atoms with Gasteiger partial charge in [0.2, 0.25) is 5.88 Å². The van der Waals surface area contributed by atoms with Gasteiger partial charge in [-0.15, -0.1) is 11.3 Å². The fourth-order valence-electron chi connectivity index (χ4n) is 1.40. The van der Waals surface area contributed by atoms with Gasteiger partial charge in [0.05, 0.1) is 12.3 Å². The number of pyridine rings is 1. The summed E-state index contributed by atoms with van der Waals surface area (Å²) in [6.07, 6.45) is 2.66. The molecule has 2 aromatic rings. The number of aromatic nitrogens is 1. The molecule has 2 rings (SSSR count). The molecule has 0 aliphatic rings. The molecule has 2 N–H and O–H groups in total. The van der Waals surface area contributed by atoms with Crippen molar-refractivity contribution in [1.82, 2.24) is 4.98 Å². The van der Waals surface area contributed by atoms with Gasteiger partial charge >= 0.3 is 0 Å². The molecule has 0 saturated carbocycles. The van der Waals surface area contributed by atoms with Gasteiger partial charge in [0.1, 0.15) is 0 Å². The van der Waals surface area contributed by atoms with Gasteiger partial charge in [0, 0.05) is 17.5 Å². The fourth-order valence-corrected chi connectivity index (χ4v) is 2.09. The van der Waals surface area contributed by atoms with E-state index in [1.54, 1.807) is 17.5 Å². The third-order valence-corrected chi connectivity index (χ3v) is 3.12. The average molecular weight is 234 g/mol. The topological polar surface area (TPSA) is 48.1 Å². The summed E-state index contributed by atoms with van der Waals surface area (Å²) in [5.74, 6) is 0.530. The molecule has 0 aliphatic heterocycles. The Bertz CT molecular complexity index is 454. The summed E-state index contributed by atoms with van der Waals surface area (Å²) in [7, 11) is 0.